The summed E-state index contributed by atoms with van der Waals surface area (Å²) in [5.41, 5.74) is -1.39. The number of nitrogens with one attached hydrogen (secondary N) is 1. The van der Waals surface area contributed by atoms with Crippen LogP contribution in [0.3, 0.4) is 0 Å². The molecule has 23 heavy (non-hydrogen) atoms. The van der Waals surface area contributed by atoms with Crippen LogP contribution in [0.2, 0.25) is 0 Å². The summed E-state index contributed by atoms with van der Waals surface area (Å²) < 4.78 is 59.7. The summed E-state index contributed by atoms with van der Waals surface area (Å²) in [4.78, 5) is 9.78. The molecule has 0 heterocycles. The van der Waals surface area contributed by atoms with Crippen LogP contribution in [0.4, 0.5) is 24.5 Å². The second-order valence-corrected chi connectivity index (χ2v) is 5.12. The Kier molecular flexibility index (Phi) is 4.66. The first-order valence-corrected chi connectivity index (χ1v) is 7.13. The van der Waals surface area contributed by atoms with E-state index in [2.05, 4.69) is 4.72 Å². The first kappa shape index (κ1) is 16.9. The molecule has 0 fully saturated rings. The molecule has 0 aliphatic carbocycles. The lowest BCUT2D eigenvalue weighted by Crippen LogP contribution is -2.08. The molecule has 0 radical (unpaired) electrons. The van der Waals surface area contributed by atoms with Crippen LogP contribution in [0.5, 0.6) is 0 Å². The third kappa shape index (κ3) is 4.05. The maximum atomic E-state index is 12.8. The van der Waals surface area contributed by atoms with Gasteiger partial charge in [0, 0.05) is 11.8 Å². The van der Waals surface area contributed by atoms with Gasteiger partial charge in [-0.15, -0.1) is 0 Å². The number of rotatable bonds is 4. The average Bonchev–Trinajstić information content (AvgIpc) is 2.46. The summed E-state index contributed by atoms with van der Waals surface area (Å²) in [6.45, 7) is 0. The lowest BCUT2D eigenvalue weighted by atomic mass is 10.0. The summed E-state index contributed by atoms with van der Waals surface area (Å²) in [5, 5.41) is 10.9. The molecule has 2 aromatic rings. The second kappa shape index (κ2) is 6.34. The number of anilines is 1. The Morgan fingerprint density at radius 2 is 1.65 bits per heavy atom. The molecule has 0 aromatic heterocycles. The van der Waals surface area contributed by atoms with Crippen molar-refractivity contribution in [1.82, 2.24) is 0 Å². The standard InChI is InChI=1S/C13H9F3N2O4S/c14-13(15,16)11-6-3-9(7-12(11)18(19)20)8-1-4-10(5-2-8)17-23(21)22/h1-7,17H,(H,21,22). The fourth-order valence-electron chi connectivity index (χ4n) is 1.93. The van der Waals surface area contributed by atoms with Gasteiger partial charge in [-0.3, -0.25) is 19.4 Å². The molecule has 1 unspecified atom stereocenters. The smallest absolute Gasteiger partial charge is 0.289 e. The van der Waals surface area contributed by atoms with Crippen LogP contribution < -0.4 is 4.72 Å². The SMILES string of the molecule is O=[N+]([O-])c1cc(-c2ccc(NS(=O)O)cc2)ccc1C(F)(F)F. The van der Waals surface area contributed by atoms with Crippen molar-refractivity contribution in [2.45, 2.75) is 6.18 Å². The van der Waals surface area contributed by atoms with Gasteiger partial charge in [-0.25, -0.2) is 4.21 Å². The van der Waals surface area contributed by atoms with E-state index >= 15 is 0 Å². The Hall–Kier alpha value is -2.46. The fourth-order valence-corrected chi connectivity index (χ4v) is 2.27. The minimum absolute atomic E-state index is 0.223. The van der Waals surface area contributed by atoms with E-state index in [4.69, 9.17) is 4.55 Å². The van der Waals surface area contributed by atoms with Crippen molar-refractivity contribution < 1.29 is 26.9 Å². The van der Waals surface area contributed by atoms with Gasteiger partial charge in [-0.2, -0.15) is 13.2 Å². The number of nitrogens with zero attached hydrogens (tertiary/aromatic N) is 1. The van der Waals surface area contributed by atoms with Gasteiger partial charge in [-0.05, 0) is 29.3 Å². The predicted octanol–water partition coefficient (Wildman–Crippen LogP) is 3.83. The summed E-state index contributed by atoms with van der Waals surface area (Å²) in [5.74, 6) is 0. The topological polar surface area (TPSA) is 92.5 Å². The third-order valence-electron chi connectivity index (χ3n) is 2.92. The van der Waals surface area contributed by atoms with Gasteiger partial charge in [0.2, 0.25) is 0 Å². The van der Waals surface area contributed by atoms with Crippen molar-refractivity contribution in [2.75, 3.05) is 4.72 Å². The maximum absolute atomic E-state index is 12.8. The highest BCUT2D eigenvalue weighted by Crippen LogP contribution is 2.38. The van der Waals surface area contributed by atoms with E-state index in [1.54, 1.807) is 0 Å². The van der Waals surface area contributed by atoms with Crippen LogP contribution in [0.25, 0.3) is 11.1 Å². The van der Waals surface area contributed by atoms with Gasteiger partial charge in [0.15, 0.2) is 0 Å². The van der Waals surface area contributed by atoms with Crippen molar-refractivity contribution in [1.29, 1.82) is 0 Å². The Bertz CT molecular complexity index is 763. The molecule has 0 bridgehead atoms. The quantitative estimate of drug-likeness (QED) is 0.500. The number of alkyl halides is 3. The Labute approximate surface area is 130 Å². The molecule has 2 N–H and O–H groups in total. The minimum Gasteiger partial charge on any atom is -0.289 e. The monoisotopic (exact) mass is 346 g/mol. The predicted molar refractivity (Wildman–Crippen MR) is 77.9 cm³/mol. The van der Waals surface area contributed by atoms with Crippen LogP contribution in [-0.2, 0) is 17.4 Å². The molecule has 0 aliphatic heterocycles. The summed E-state index contributed by atoms with van der Waals surface area (Å²) in [6.07, 6.45) is -4.82. The van der Waals surface area contributed by atoms with Crippen molar-refractivity contribution >= 4 is 22.6 Å². The van der Waals surface area contributed by atoms with Gasteiger partial charge in [0.05, 0.1) is 4.92 Å². The Morgan fingerprint density at radius 3 is 2.13 bits per heavy atom. The number of benzene rings is 2. The third-order valence-corrected chi connectivity index (χ3v) is 3.33. The molecular weight excluding hydrogens is 337 g/mol. The second-order valence-electron chi connectivity index (χ2n) is 4.42. The molecule has 0 saturated heterocycles. The van der Waals surface area contributed by atoms with E-state index in [1.807, 2.05) is 0 Å². The number of nitro groups is 1. The zero-order valence-corrected chi connectivity index (χ0v) is 12.0. The molecule has 0 amide bonds. The number of halogens is 3. The van der Waals surface area contributed by atoms with Gasteiger partial charge >= 0.3 is 6.18 Å². The summed E-state index contributed by atoms with van der Waals surface area (Å²) in [6, 6.07) is 8.39. The molecule has 0 saturated carbocycles. The van der Waals surface area contributed by atoms with E-state index in [9.17, 15) is 27.5 Å². The highest BCUT2D eigenvalue weighted by Gasteiger charge is 2.38. The Balaban J connectivity index is 2.42. The minimum atomic E-state index is -4.82. The van der Waals surface area contributed by atoms with Crippen molar-refractivity contribution in [3.8, 4) is 11.1 Å². The van der Waals surface area contributed by atoms with Crippen molar-refractivity contribution in [3.05, 3.63) is 58.1 Å². The van der Waals surface area contributed by atoms with Gasteiger partial charge in [-0.1, -0.05) is 18.2 Å². The van der Waals surface area contributed by atoms with Gasteiger partial charge < -0.3 is 0 Å². The molecule has 2 aromatic carbocycles. The molecule has 1 atom stereocenters. The number of hydrogen-bond donors (Lipinski definition) is 2. The van der Waals surface area contributed by atoms with Gasteiger partial charge in [0.1, 0.15) is 5.56 Å². The summed E-state index contributed by atoms with van der Waals surface area (Å²) >= 11 is -2.25. The van der Waals surface area contributed by atoms with Crippen molar-refractivity contribution in [3.63, 3.8) is 0 Å². The van der Waals surface area contributed by atoms with E-state index in [1.165, 1.54) is 24.3 Å². The zero-order valence-electron chi connectivity index (χ0n) is 11.2. The molecule has 122 valence electrons. The molecule has 2 rings (SSSR count). The van der Waals surface area contributed by atoms with Gasteiger partial charge in [0.25, 0.3) is 17.0 Å². The maximum Gasteiger partial charge on any atom is 0.422 e. The largest absolute Gasteiger partial charge is 0.422 e. The first-order chi connectivity index (χ1) is 10.7. The number of nitro benzene ring substituents is 1. The van der Waals surface area contributed by atoms with Crippen LogP contribution in [-0.4, -0.2) is 13.7 Å². The van der Waals surface area contributed by atoms with Crippen molar-refractivity contribution in [2.24, 2.45) is 0 Å². The van der Waals surface area contributed by atoms with E-state index in [-0.39, 0.29) is 5.56 Å². The first-order valence-electron chi connectivity index (χ1n) is 6.02. The van der Waals surface area contributed by atoms with Crippen LogP contribution in [0, 0.1) is 10.1 Å². The van der Waals surface area contributed by atoms with E-state index in [0.717, 1.165) is 12.1 Å². The summed E-state index contributed by atoms with van der Waals surface area (Å²) in [7, 11) is 0. The fraction of sp³-hybridized carbons (Fsp3) is 0.0769. The van der Waals surface area contributed by atoms with Crippen LogP contribution in [0.1, 0.15) is 5.56 Å². The molecule has 0 spiro atoms. The highest BCUT2D eigenvalue weighted by molar-refractivity contribution is 7.80. The van der Waals surface area contributed by atoms with E-state index < -0.39 is 33.6 Å². The normalized spacial score (nSPS) is 12.7. The van der Waals surface area contributed by atoms with E-state index in [0.29, 0.717) is 17.3 Å². The molecular formula is C13H9F3N2O4S. The zero-order chi connectivity index (χ0) is 17.2. The molecule has 0 aliphatic rings. The lowest BCUT2D eigenvalue weighted by Gasteiger charge is -2.09. The highest BCUT2D eigenvalue weighted by atomic mass is 32.2. The molecule has 10 heteroatoms. The lowest BCUT2D eigenvalue weighted by molar-refractivity contribution is -0.388. The van der Waals surface area contributed by atoms with Crippen LogP contribution in [0.15, 0.2) is 42.5 Å². The molecule has 6 nitrogen and oxygen atoms in total. The number of hydrogen-bond acceptors (Lipinski definition) is 3. The Morgan fingerprint density at radius 1 is 1.09 bits per heavy atom. The van der Waals surface area contributed by atoms with Crippen LogP contribution >= 0.6 is 0 Å². The average molecular weight is 346 g/mol.